The SMILES string of the molecule is O=C1O[C@@H](CO)[C@@H]2COc3cc(Br)c(F)cc3N12. The fraction of sp³-hybridized carbons (Fsp3) is 0.364. The Bertz CT molecular complexity index is 524. The van der Waals surface area contributed by atoms with Gasteiger partial charge in [-0.05, 0) is 22.0 Å². The number of hydrogen-bond acceptors (Lipinski definition) is 4. The van der Waals surface area contributed by atoms with Crippen LogP contribution in [-0.4, -0.2) is 36.6 Å². The first-order valence-corrected chi connectivity index (χ1v) is 6.13. The summed E-state index contributed by atoms with van der Waals surface area (Å²) in [5.74, 6) is -0.0756. The lowest BCUT2D eigenvalue weighted by Gasteiger charge is -2.30. The van der Waals surface area contributed by atoms with E-state index in [1.807, 2.05) is 0 Å². The fourth-order valence-corrected chi connectivity index (χ4v) is 2.50. The zero-order chi connectivity index (χ0) is 12.9. The Balaban J connectivity index is 2.07. The van der Waals surface area contributed by atoms with Gasteiger partial charge in [-0.3, -0.25) is 4.90 Å². The highest BCUT2D eigenvalue weighted by molar-refractivity contribution is 9.10. The van der Waals surface area contributed by atoms with Crippen molar-refractivity contribution in [1.82, 2.24) is 0 Å². The van der Waals surface area contributed by atoms with Gasteiger partial charge < -0.3 is 14.6 Å². The number of carbonyl (C=O) groups is 1. The minimum absolute atomic E-state index is 0.210. The Morgan fingerprint density at radius 1 is 1.56 bits per heavy atom. The predicted molar refractivity (Wildman–Crippen MR) is 63.2 cm³/mol. The number of cyclic esters (lactones) is 1. The van der Waals surface area contributed by atoms with Crippen molar-refractivity contribution in [3.05, 3.63) is 22.4 Å². The van der Waals surface area contributed by atoms with Crippen LogP contribution in [0.1, 0.15) is 0 Å². The maximum absolute atomic E-state index is 13.5. The van der Waals surface area contributed by atoms with Gasteiger partial charge in [-0.1, -0.05) is 0 Å². The molecule has 1 saturated heterocycles. The van der Waals surface area contributed by atoms with Crippen LogP contribution in [0.2, 0.25) is 0 Å². The third-order valence-electron chi connectivity index (χ3n) is 3.06. The zero-order valence-electron chi connectivity index (χ0n) is 9.10. The van der Waals surface area contributed by atoms with Gasteiger partial charge in [-0.2, -0.15) is 0 Å². The number of benzene rings is 1. The minimum atomic E-state index is -0.641. The molecule has 1 fully saturated rings. The van der Waals surface area contributed by atoms with Crippen molar-refractivity contribution in [2.75, 3.05) is 18.1 Å². The number of anilines is 1. The van der Waals surface area contributed by atoms with Gasteiger partial charge in [0.25, 0.3) is 0 Å². The number of fused-ring (bicyclic) bond motifs is 3. The van der Waals surface area contributed by atoms with Crippen LogP contribution in [0.4, 0.5) is 14.9 Å². The standard InChI is InChI=1S/C11H9BrFNO4/c12-5-1-9-7(2-6(5)13)14-8(4-17-9)10(3-15)18-11(14)16/h1-2,8,10,15H,3-4H2/t8-,10-/m0/s1. The van der Waals surface area contributed by atoms with E-state index in [-0.39, 0.29) is 17.7 Å². The number of amides is 1. The van der Waals surface area contributed by atoms with E-state index >= 15 is 0 Å². The molecule has 2 aliphatic heterocycles. The second kappa shape index (κ2) is 4.10. The first kappa shape index (κ1) is 11.7. The monoisotopic (exact) mass is 317 g/mol. The number of hydrogen-bond donors (Lipinski definition) is 1. The zero-order valence-corrected chi connectivity index (χ0v) is 10.7. The topological polar surface area (TPSA) is 59.0 Å². The van der Waals surface area contributed by atoms with E-state index in [2.05, 4.69) is 15.9 Å². The van der Waals surface area contributed by atoms with Gasteiger partial charge in [0, 0.05) is 6.07 Å². The Morgan fingerprint density at radius 3 is 3.06 bits per heavy atom. The fourth-order valence-electron chi connectivity index (χ4n) is 2.18. The number of carbonyl (C=O) groups excluding carboxylic acids is 1. The highest BCUT2D eigenvalue weighted by Crippen LogP contribution is 2.41. The predicted octanol–water partition coefficient (Wildman–Crippen LogP) is 1.67. The van der Waals surface area contributed by atoms with Crippen molar-refractivity contribution in [3.8, 4) is 5.75 Å². The Kier molecular flexibility index (Phi) is 2.67. The Morgan fingerprint density at radius 2 is 2.33 bits per heavy atom. The maximum atomic E-state index is 13.5. The lowest BCUT2D eigenvalue weighted by molar-refractivity contribution is 0.0734. The first-order valence-electron chi connectivity index (χ1n) is 5.34. The van der Waals surface area contributed by atoms with Crippen LogP contribution in [0.5, 0.6) is 5.75 Å². The average Bonchev–Trinajstić information content (AvgIpc) is 2.68. The molecular weight excluding hydrogens is 309 g/mol. The van der Waals surface area contributed by atoms with Crippen LogP contribution in [0.25, 0.3) is 0 Å². The minimum Gasteiger partial charge on any atom is -0.489 e. The van der Waals surface area contributed by atoms with Gasteiger partial charge in [0.2, 0.25) is 0 Å². The molecule has 0 aromatic heterocycles. The molecule has 5 nitrogen and oxygen atoms in total. The number of aliphatic hydroxyl groups is 1. The van der Waals surface area contributed by atoms with Crippen LogP contribution >= 0.6 is 15.9 Å². The van der Waals surface area contributed by atoms with E-state index < -0.39 is 24.1 Å². The summed E-state index contributed by atoms with van der Waals surface area (Å²) < 4.78 is 24.3. The molecule has 1 amide bonds. The van der Waals surface area contributed by atoms with Gasteiger partial charge in [0.05, 0.1) is 16.8 Å². The number of halogens is 2. The summed E-state index contributed by atoms with van der Waals surface area (Å²) in [6.45, 7) is -0.0767. The second-order valence-corrected chi connectivity index (χ2v) is 4.94. The Labute approximate surface area is 110 Å². The summed E-state index contributed by atoms with van der Waals surface area (Å²) in [5.41, 5.74) is 0.327. The van der Waals surface area contributed by atoms with E-state index in [0.717, 1.165) is 0 Å². The summed E-state index contributed by atoms with van der Waals surface area (Å²) in [6, 6.07) is 2.27. The van der Waals surface area contributed by atoms with Crippen LogP contribution in [-0.2, 0) is 4.74 Å². The average molecular weight is 318 g/mol. The smallest absolute Gasteiger partial charge is 0.415 e. The van der Waals surface area contributed by atoms with Gasteiger partial charge >= 0.3 is 6.09 Å². The largest absolute Gasteiger partial charge is 0.489 e. The van der Waals surface area contributed by atoms with E-state index in [4.69, 9.17) is 14.6 Å². The van der Waals surface area contributed by atoms with E-state index in [1.54, 1.807) is 0 Å². The second-order valence-electron chi connectivity index (χ2n) is 4.09. The number of ether oxygens (including phenoxy) is 2. The molecule has 1 aromatic rings. The van der Waals surface area contributed by atoms with Crippen molar-refractivity contribution in [2.24, 2.45) is 0 Å². The highest BCUT2D eigenvalue weighted by atomic mass is 79.9. The molecule has 2 heterocycles. The van der Waals surface area contributed by atoms with Crippen molar-refractivity contribution < 1.29 is 23.8 Å². The van der Waals surface area contributed by atoms with Crippen LogP contribution in [0.15, 0.2) is 16.6 Å². The summed E-state index contributed by atoms with van der Waals surface area (Å²) in [5, 5.41) is 9.13. The lowest BCUT2D eigenvalue weighted by atomic mass is 10.1. The summed E-state index contributed by atoms with van der Waals surface area (Å²) in [6.07, 6.45) is -1.23. The summed E-state index contributed by atoms with van der Waals surface area (Å²) in [4.78, 5) is 13.1. The number of aliphatic hydroxyl groups excluding tert-OH is 1. The molecule has 1 aromatic carbocycles. The molecule has 0 saturated carbocycles. The lowest BCUT2D eigenvalue weighted by Crippen LogP contribution is -2.45. The van der Waals surface area contributed by atoms with Crippen LogP contribution in [0.3, 0.4) is 0 Å². The van der Waals surface area contributed by atoms with Gasteiger partial charge in [-0.15, -0.1) is 0 Å². The molecule has 96 valence electrons. The normalized spacial score (nSPS) is 25.3. The maximum Gasteiger partial charge on any atom is 0.415 e. The molecule has 0 aliphatic carbocycles. The number of rotatable bonds is 1. The molecule has 3 rings (SSSR count). The van der Waals surface area contributed by atoms with Gasteiger partial charge in [-0.25, -0.2) is 9.18 Å². The van der Waals surface area contributed by atoms with Crippen LogP contribution in [0, 0.1) is 5.82 Å². The quantitative estimate of drug-likeness (QED) is 0.856. The molecule has 2 atom stereocenters. The van der Waals surface area contributed by atoms with E-state index in [0.29, 0.717) is 11.4 Å². The molecular formula is C11H9BrFNO4. The molecule has 0 spiro atoms. The molecule has 0 unspecified atom stereocenters. The summed E-state index contributed by atoms with van der Waals surface area (Å²) in [7, 11) is 0. The molecule has 2 aliphatic rings. The van der Waals surface area contributed by atoms with E-state index in [9.17, 15) is 9.18 Å². The first-order chi connectivity index (χ1) is 8.61. The molecule has 18 heavy (non-hydrogen) atoms. The van der Waals surface area contributed by atoms with Crippen LogP contribution < -0.4 is 9.64 Å². The van der Waals surface area contributed by atoms with Crippen molar-refractivity contribution >= 4 is 27.7 Å². The highest BCUT2D eigenvalue weighted by Gasteiger charge is 2.46. The summed E-state index contributed by atoms with van der Waals surface area (Å²) >= 11 is 3.06. The van der Waals surface area contributed by atoms with Gasteiger partial charge in [0.15, 0.2) is 6.10 Å². The third-order valence-corrected chi connectivity index (χ3v) is 3.67. The van der Waals surface area contributed by atoms with E-state index in [1.165, 1.54) is 17.0 Å². The number of nitrogens with zero attached hydrogens (tertiary/aromatic N) is 1. The molecule has 7 heteroatoms. The van der Waals surface area contributed by atoms with Crippen molar-refractivity contribution in [2.45, 2.75) is 12.1 Å². The van der Waals surface area contributed by atoms with Gasteiger partial charge in [0.1, 0.15) is 24.2 Å². The van der Waals surface area contributed by atoms with Crippen molar-refractivity contribution in [3.63, 3.8) is 0 Å². The Hall–Kier alpha value is -1.34. The van der Waals surface area contributed by atoms with Crippen molar-refractivity contribution in [1.29, 1.82) is 0 Å². The molecule has 0 radical (unpaired) electrons. The molecule has 0 bridgehead atoms. The third kappa shape index (κ3) is 1.58. The molecule has 1 N–H and O–H groups in total.